The summed E-state index contributed by atoms with van der Waals surface area (Å²) in [6.45, 7) is 0. The van der Waals surface area contributed by atoms with E-state index in [-0.39, 0.29) is 5.25 Å². The highest BCUT2D eigenvalue weighted by Crippen LogP contribution is 2.38. The van der Waals surface area contributed by atoms with Crippen molar-refractivity contribution in [3.63, 3.8) is 0 Å². The molecule has 4 nitrogen and oxygen atoms in total. The van der Waals surface area contributed by atoms with Gasteiger partial charge in [0.1, 0.15) is 21.2 Å². The highest BCUT2D eigenvalue weighted by atomic mass is 32.2. The summed E-state index contributed by atoms with van der Waals surface area (Å²) in [4.78, 5) is 8.61. The minimum atomic E-state index is -2.93. The predicted octanol–water partition coefficient (Wildman–Crippen LogP) is 3.14. The zero-order chi connectivity index (χ0) is 14.2. The van der Waals surface area contributed by atoms with Crippen LogP contribution in [0.15, 0.2) is 22.8 Å². The van der Waals surface area contributed by atoms with Gasteiger partial charge in [-0.05, 0) is 30.7 Å². The number of nitrogens with zero attached hydrogens (tertiary/aromatic N) is 2. The molecule has 1 fully saturated rings. The molecule has 0 radical (unpaired) electrons. The minimum absolute atomic E-state index is 0.186. The molecule has 1 aliphatic rings. The van der Waals surface area contributed by atoms with Crippen molar-refractivity contribution in [2.45, 2.75) is 41.2 Å². The van der Waals surface area contributed by atoms with E-state index in [1.165, 1.54) is 6.26 Å². The molecule has 0 N–H and O–H groups in total. The minimum Gasteiger partial charge on any atom is -0.235 e. The number of thioether (sulfide) groups is 1. The van der Waals surface area contributed by atoms with Gasteiger partial charge < -0.3 is 0 Å². The van der Waals surface area contributed by atoms with Gasteiger partial charge in [0, 0.05) is 11.5 Å². The summed E-state index contributed by atoms with van der Waals surface area (Å²) in [5.74, 6) is 0. The number of thiophene rings is 1. The first kappa shape index (κ1) is 14.3. The van der Waals surface area contributed by atoms with Gasteiger partial charge in [0.25, 0.3) is 0 Å². The Labute approximate surface area is 126 Å². The summed E-state index contributed by atoms with van der Waals surface area (Å²) in [5.41, 5.74) is 0.975. The number of hydrogen-bond donors (Lipinski definition) is 0. The Kier molecular flexibility index (Phi) is 4.01. The lowest BCUT2D eigenvalue weighted by atomic mass is 10.00. The Hall–Kier alpha value is -0.660. The fraction of sp³-hybridized carbons (Fsp3) is 0.538. The van der Waals surface area contributed by atoms with Crippen LogP contribution in [0.1, 0.15) is 25.7 Å². The van der Waals surface area contributed by atoms with Crippen molar-refractivity contribution in [2.24, 2.45) is 0 Å². The molecule has 2 aromatic heterocycles. The van der Waals surface area contributed by atoms with Crippen LogP contribution in [-0.4, -0.2) is 35.1 Å². The maximum absolute atomic E-state index is 11.7. The third kappa shape index (κ3) is 2.99. The van der Waals surface area contributed by atoms with E-state index >= 15 is 0 Å². The average molecular weight is 328 g/mol. The fourth-order valence-corrected chi connectivity index (χ4v) is 6.17. The molecule has 3 rings (SSSR count). The number of rotatable bonds is 3. The zero-order valence-corrected chi connectivity index (χ0v) is 13.6. The lowest BCUT2D eigenvalue weighted by Gasteiger charge is -2.27. The maximum atomic E-state index is 11.7. The topological polar surface area (TPSA) is 59.9 Å². The van der Waals surface area contributed by atoms with Crippen LogP contribution in [0.2, 0.25) is 0 Å². The van der Waals surface area contributed by atoms with E-state index in [4.69, 9.17) is 0 Å². The number of aromatic nitrogens is 2. The Morgan fingerprint density at radius 2 is 2.20 bits per heavy atom. The van der Waals surface area contributed by atoms with E-state index in [0.717, 1.165) is 40.9 Å². The Morgan fingerprint density at radius 3 is 3.00 bits per heavy atom. The largest absolute Gasteiger partial charge is 0.235 e. The standard InChI is InChI=1S/C13H16N2O2S3/c1-20(16,17)10-4-2-3-9(7-10)19-13-12-11(5-6-18-12)14-8-15-13/h5-6,8-10H,2-4,7H2,1H3. The van der Waals surface area contributed by atoms with Crippen LogP contribution >= 0.6 is 23.1 Å². The van der Waals surface area contributed by atoms with Gasteiger partial charge in [-0.25, -0.2) is 18.4 Å². The molecule has 7 heteroatoms. The molecule has 0 aliphatic heterocycles. The van der Waals surface area contributed by atoms with Crippen LogP contribution in [0, 0.1) is 0 Å². The van der Waals surface area contributed by atoms with Gasteiger partial charge in [0.05, 0.1) is 15.5 Å². The summed E-state index contributed by atoms with van der Waals surface area (Å²) in [6.07, 6.45) is 6.53. The van der Waals surface area contributed by atoms with Gasteiger partial charge in [-0.1, -0.05) is 6.42 Å². The number of fused-ring (bicyclic) bond motifs is 1. The smallest absolute Gasteiger partial charge is 0.150 e. The van der Waals surface area contributed by atoms with E-state index in [0.29, 0.717) is 5.25 Å². The van der Waals surface area contributed by atoms with Crippen LogP contribution in [0.5, 0.6) is 0 Å². The quantitative estimate of drug-likeness (QED) is 0.810. The van der Waals surface area contributed by atoms with Crippen LogP contribution in [0.4, 0.5) is 0 Å². The third-order valence-corrected chi connectivity index (χ3v) is 7.65. The Balaban J connectivity index is 1.79. The van der Waals surface area contributed by atoms with E-state index < -0.39 is 9.84 Å². The number of sulfone groups is 1. The molecule has 20 heavy (non-hydrogen) atoms. The second-order valence-corrected chi connectivity index (χ2v) is 9.70. The first-order chi connectivity index (χ1) is 9.54. The third-order valence-electron chi connectivity index (χ3n) is 3.67. The van der Waals surface area contributed by atoms with E-state index in [1.807, 2.05) is 11.4 Å². The van der Waals surface area contributed by atoms with Crippen molar-refractivity contribution in [1.82, 2.24) is 9.97 Å². The molecule has 0 aromatic carbocycles. The Bertz CT molecular complexity index is 711. The average Bonchev–Trinajstić information content (AvgIpc) is 2.87. The first-order valence-corrected chi connectivity index (χ1v) is 10.3. The molecular weight excluding hydrogens is 312 g/mol. The molecule has 2 aromatic rings. The normalized spacial score (nSPS) is 24.1. The molecule has 2 atom stereocenters. The van der Waals surface area contributed by atoms with Crippen LogP contribution < -0.4 is 0 Å². The second kappa shape index (κ2) is 5.61. The van der Waals surface area contributed by atoms with Crippen molar-refractivity contribution in [2.75, 3.05) is 6.26 Å². The van der Waals surface area contributed by atoms with Gasteiger partial charge in [0.2, 0.25) is 0 Å². The molecular formula is C13H16N2O2S3. The molecule has 1 aliphatic carbocycles. The first-order valence-electron chi connectivity index (χ1n) is 6.58. The summed E-state index contributed by atoms with van der Waals surface area (Å²) in [7, 11) is -2.93. The summed E-state index contributed by atoms with van der Waals surface area (Å²) >= 11 is 3.36. The molecule has 1 saturated carbocycles. The van der Waals surface area contributed by atoms with Crippen molar-refractivity contribution in [3.8, 4) is 0 Å². The summed E-state index contributed by atoms with van der Waals surface area (Å²) in [6, 6.07) is 1.99. The summed E-state index contributed by atoms with van der Waals surface area (Å²) in [5, 5.41) is 3.16. The van der Waals surface area contributed by atoms with Crippen molar-refractivity contribution < 1.29 is 8.42 Å². The van der Waals surface area contributed by atoms with Gasteiger partial charge in [-0.2, -0.15) is 0 Å². The molecule has 0 amide bonds. The van der Waals surface area contributed by atoms with Gasteiger partial charge in [0.15, 0.2) is 0 Å². The maximum Gasteiger partial charge on any atom is 0.150 e. The van der Waals surface area contributed by atoms with E-state index in [2.05, 4.69) is 9.97 Å². The van der Waals surface area contributed by atoms with Gasteiger partial charge in [-0.15, -0.1) is 23.1 Å². The highest BCUT2D eigenvalue weighted by molar-refractivity contribution is 8.00. The van der Waals surface area contributed by atoms with E-state index in [9.17, 15) is 8.42 Å². The van der Waals surface area contributed by atoms with Gasteiger partial charge in [-0.3, -0.25) is 0 Å². The van der Waals surface area contributed by atoms with Crippen molar-refractivity contribution >= 4 is 43.2 Å². The van der Waals surface area contributed by atoms with Crippen LogP contribution in [-0.2, 0) is 9.84 Å². The Morgan fingerprint density at radius 1 is 1.35 bits per heavy atom. The lowest BCUT2D eigenvalue weighted by Crippen LogP contribution is -2.28. The van der Waals surface area contributed by atoms with Crippen LogP contribution in [0.3, 0.4) is 0 Å². The molecule has 0 bridgehead atoms. The molecule has 2 heterocycles. The molecule has 0 spiro atoms. The fourth-order valence-electron chi connectivity index (χ4n) is 2.61. The summed E-state index contributed by atoms with van der Waals surface area (Å²) < 4.78 is 24.6. The second-order valence-electron chi connectivity index (χ2n) is 5.17. The molecule has 2 unspecified atom stereocenters. The molecule has 0 saturated heterocycles. The monoisotopic (exact) mass is 328 g/mol. The van der Waals surface area contributed by atoms with Crippen LogP contribution in [0.25, 0.3) is 10.2 Å². The van der Waals surface area contributed by atoms with E-state index in [1.54, 1.807) is 29.4 Å². The zero-order valence-electron chi connectivity index (χ0n) is 11.2. The van der Waals surface area contributed by atoms with Gasteiger partial charge >= 0.3 is 0 Å². The molecule has 108 valence electrons. The van der Waals surface area contributed by atoms with Crippen molar-refractivity contribution in [3.05, 3.63) is 17.8 Å². The SMILES string of the molecule is CS(=O)(=O)C1CCCC(Sc2ncnc3ccsc23)C1. The van der Waals surface area contributed by atoms with Crippen molar-refractivity contribution in [1.29, 1.82) is 0 Å². The number of hydrogen-bond acceptors (Lipinski definition) is 6. The predicted molar refractivity (Wildman–Crippen MR) is 84.2 cm³/mol. The highest BCUT2D eigenvalue weighted by Gasteiger charge is 2.29. The lowest BCUT2D eigenvalue weighted by molar-refractivity contribution is 0.495.